The number of fused-ring (bicyclic) bond motifs is 2. The summed E-state index contributed by atoms with van der Waals surface area (Å²) in [6, 6.07) is 26.5. The Morgan fingerprint density at radius 1 is 0.474 bits per heavy atom. The van der Waals surface area contributed by atoms with E-state index in [2.05, 4.69) is 40.9 Å². The topological polar surface area (TPSA) is 429 Å². The fraction of sp³-hybridized carbons (Fsp3) is 0. The Kier molecular flexibility index (Phi) is 21.3. The van der Waals surface area contributed by atoms with Gasteiger partial charge in [-0.05, 0) is 124 Å². The number of carboxylic acid groups (broad SMARTS) is 1. The van der Waals surface area contributed by atoms with E-state index in [-0.39, 0.29) is 157 Å². The summed E-state index contributed by atoms with van der Waals surface area (Å²) >= 11 is 0. The summed E-state index contributed by atoms with van der Waals surface area (Å²) < 4.78 is 112. The third-order valence-corrected chi connectivity index (χ3v) is 12.8. The van der Waals surface area contributed by atoms with Crippen LogP contribution in [0, 0.1) is 0 Å². The van der Waals surface area contributed by atoms with Crippen molar-refractivity contribution in [2.75, 3.05) is 11.5 Å². The molecule has 0 aliphatic rings. The van der Waals surface area contributed by atoms with Crippen LogP contribution in [0.15, 0.2) is 183 Å². The van der Waals surface area contributed by atoms with Crippen molar-refractivity contribution in [3.63, 3.8) is 0 Å². The molecular weight excluding hydrogens is 1090 g/mol. The molecule has 0 aromatic heterocycles. The number of aromatic hydroxyl groups is 1. The summed E-state index contributed by atoms with van der Waals surface area (Å²) in [7, 11) is -16.6. The Balaban J connectivity index is 0.00000312. The smallest absolute Gasteiger partial charge is 0.871 e. The van der Waals surface area contributed by atoms with Crippen molar-refractivity contribution in [3.05, 3.63) is 133 Å². The van der Waals surface area contributed by atoms with Crippen molar-refractivity contribution in [2.24, 2.45) is 40.9 Å². The number of nitrogen functional groups attached to an aromatic ring is 2. The van der Waals surface area contributed by atoms with Crippen LogP contribution in [-0.4, -0.2) is 50.0 Å². The molecule has 0 unspecified atom stereocenters. The molecule has 0 amide bonds. The van der Waals surface area contributed by atoms with Crippen molar-refractivity contribution >= 4 is 115 Å². The molecule has 0 radical (unpaired) electrons. The number of azo groups is 4. The molecule has 8 aromatic carbocycles. The average molecular weight is 1120 g/mol. The minimum Gasteiger partial charge on any atom is -0.871 e. The normalized spacial score (nSPS) is 11.9. The third-order valence-electron chi connectivity index (χ3n) is 10.3. The molecule has 0 bridgehead atoms. The number of rotatable bonds is 13. The van der Waals surface area contributed by atoms with E-state index < -0.39 is 102 Å². The van der Waals surface area contributed by atoms with E-state index in [4.69, 9.17) is 11.5 Å². The van der Waals surface area contributed by atoms with Crippen LogP contribution in [0.25, 0.3) is 32.7 Å². The molecule has 8 aromatic rings. The standard InChI is InChI=1S/C45H32N10O14S3.4Na/c46-26-6-13-35(34(47)18-26)52-51-29-11-5-24-16-38(71(64,65)66)41(43(57)32(24)19-29)55-53-36-21-31(70(61,62)63)15-25-17-39(72(67,68)69)42(44(58)40(25)36)54-49-28-9-3-23(4-10-28)22-1-7-27(8-2-22)48-50-30-12-14-37(56)33(20-30)45(59)60;;;;/h1-21,56-58H,46-47H2,(H,59,60)(H,61,62,63)(H,64,65,66)(H,67,68,69);;;;/q;4*+1/p-6. The number of carboxylic acids is 1. The second kappa shape index (κ2) is 25.6. The Morgan fingerprint density at radius 3 is 1.50 bits per heavy atom. The molecule has 8 rings (SSSR count). The molecule has 76 heavy (non-hydrogen) atoms. The van der Waals surface area contributed by atoms with Gasteiger partial charge in [-0.3, -0.25) is 0 Å². The molecule has 364 valence electrons. The number of carbonyl (C=O) groups is 1. The second-order valence-electron chi connectivity index (χ2n) is 15.1. The van der Waals surface area contributed by atoms with Gasteiger partial charge in [-0.2, -0.15) is 20.5 Å². The number of anilines is 2. The summed E-state index contributed by atoms with van der Waals surface area (Å²) in [6.45, 7) is 0. The molecule has 0 spiro atoms. The van der Waals surface area contributed by atoms with Gasteiger partial charge in [0.05, 0.1) is 66.2 Å². The molecule has 0 aliphatic carbocycles. The van der Waals surface area contributed by atoms with E-state index in [0.717, 1.165) is 24.3 Å². The average Bonchev–Trinajstić information content (AvgIpc) is 3.32. The van der Waals surface area contributed by atoms with Crippen LogP contribution < -0.4 is 145 Å². The molecule has 0 saturated carbocycles. The molecule has 0 saturated heterocycles. The van der Waals surface area contributed by atoms with Crippen LogP contribution in [-0.2, 0) is 30.4 Å². The first kappa shape index (κ1) is 63.4. The number of benzene rings is 8. The van der Waals surface area contributed by atoms with Crippen LogP contribution in [0.1, 0.15) is 10.4 Å². The van der Waals surface area contributed by atoms with Gasteiger partial charge < -0.3 is 50.3 Å². The number of aromatic carboxylic acids is 1. The van der Waals surface area contributed by atoms with E-state index in [1.165, 1.54) is 48.5 Å². The van der Waals surface area contributed by atoms with Crippen LogP contribution in [0.2, 0.25) is 0 Å². The number of nitrogens with two attached hydrogens (primary N) is 2. The Bertz CT molecular complexity index is 4060. The van der Waals surface area contributed by atoms with Gasteiger partial charge in [-0.15, -0.1) is 20.5 Å². The summed E-state index contributed by atoms with van der Waals surface area (Å²) in [6.07, 6.45) is 0. The zero-order chi connectivity index (χ0) is 51.9. The van der Waals surface area contributed by atoms with Crippen molar-refractivity contribution < 1.29 is 182 Å². The molecule has 24 nitrogen and oxygen atoms in total. The van der Waals surface area contributed by atoms with Crippen LogP contribution in [0.3, 0.4) is 0 Å². The first-order valence-corrected chi connectivity index (χ1v) is 24.2. The van der Waals surface area contributed by atoms with Crippen molar-refractivity contribution in [2.45, 2.75) is 14.7 Å². The minimum atomic E-state index is -5.62. The number of phenols is 1. The fourth-order valence-corrected chi connectivity index (χ4v) is 8.70. The Hall–Kier alpha value is -5.12. The Morgan fingerprint density at radius 2 is 0.947 bits per heavy atom. The fourth-order valence-electron chi connectivity index (χ4n) is 6.89. The number of hydrogen-bond donors (Lipinski definition) is 3. The molecule has 5 N–H and O–H groups in total. The second-order valence-corrected chi connectivity index (χ2v) is 19.2. The van der Waals surface area contributed by atoms with E-state index in [9.17, 15) is 64.1 Å². The van der Waals surface area contributed by atoms with E-state index in [0.29, 0.717) is 40.7 Å². The SMILES string of the molecule is Nc1ccc(N=Nc2ccc3cc(S(=O)(=O)[O-])c(N=Nc4cc(S(=O)(=O)[O-])cc5cc(S(=O)(=O)[O-])c(N=Nc6ccc(-c7ccc(N=Nc8ccc(O)c(C(=O)[O-])c8)cc7)cc6)c([O-])c45)c([O-])c3c2)c(N)c1.[Na+].[Na+].[Na+].[Na+]. The van der Waals surface area contributed by atoms with Gasteiger partial charge in [0.15, 0.2) is 0 Å². The maximum absolute atomic E-state index is 14.2. The number of carbonyl (C=O) groups excluding carboxylic acids is 1. The molecular formula is C45H26N10Na4O14S3-2. The largest absolute Gasteiger partial charge is 1.00 e. The van der Waals surface area contributed by atoms with Gasteiger partial charge in [-0.1, -0.05) is 41.8 Å². The van der Waals surface area contributed by atoms with E-state index >= 15 is 0 Å². The van der Waals surface area contributed by atoms with Gasteiger partial charge >= 0.3 is 118 Å². The summed E-state index contributed by atoms with van der Waals surface area (Å²) in [5.41, 5.74) is 10.6. The molecule has 0 heterocycles. The predicted octanol–water partition coefficient (Wildman–Crippen LogP) is -4.57. The van der Waals surface area contributed by atoms with Crippen LogP contribution >= 0.6 is 0 Å². The Labute approximate surface area is 519 Å². The zero-order valence-corrected chi connectivity index (χ0v) is 50.3. The van der Waals surface area contributed by atoms with Gasteiger partial charge in [0.25, 0.3) is 0 Å². The van der Waals surface area contributed by atoms with E-state index in [1.54, 1.807) is 36.4 Å². The maximum atomic E-state index is 14.2. The van der Waals surface area contributed by atoms with Gasteiger partial charge in [-0.25, -0.2) is 25.3 Å². The zero-order valence-electron chi connectivity index (χ0n) is 39.8. The van der Waals surface area contributed by atoms with Crippen molar-refractivity contribution in [3.8, 4) is 28.4 Å². The first-order valence-electron chi connectivity index (χ1n) is 20.0. The summed E-state index contributed by atoms with van der Waals surface area (Å²) in [5.74, 6) is -4.75. The van der Waals surface area contributed by atoms with Gasteiger partial charge in [0.2, 0.25) is 0 Å². The summed E-state index contributed by atoms with van der Waals surface area (Å²) in [5, 5.41) is 78.4. The van der Waals surface area contributed by atoms with Crippen LogP contribution in [0.5, 0.6) is 17.2 Å². The number of hydrogen-bond acceptors (Lipinski definition) is 24. The summed E-state index contributed by atoms with van der Waals surface area (Å²) in [4.78, 5) is 7.57. The first-order chi connectivity index (χ1) is 33.9. The third kappa shape index (κ3) is 14.5. The monoisotopic (exact) mass is 1120 g/mol. The van der Waals surface area contributed by atoms with Gasteiger partial charge in [0, 0.05) is 16.6 Å². The van der Waals surface area contributed by atoms with E-state index in [1.807, 2.05) is 0 Å². The number of nitrogens with zero attached hydrogens (tertiary/aromatic N) is 8. The molecule has 0 aliphatic heterocycles. The molecule has 31 heteroatoms. The maximum Gasteiger partial charge on any atom is 1.00 e. The van der Waals surface area contributed by atoms with Crippen molar-refractivity contribution in [1.29, 1.82) is 0 Å². The predicted molar refractivity (Wildman–Crippen MR) is 247 cm³/mol. The van der Waals surface area contributed by atoms with Crippen molar-refractivity contribution in [1.82, 2.24) is 0 Å². The molecule has 0 fully saturated rings. The van der Waals surface area contributed by atoms with Crippen LogP contribution in [0.4, 0.5) is 56.9 Å². The van der Waals surface area contributed by atoms with Gasteiger partial charge in [0.1, 0.15) is 41.8 Å². The minimum absolute atomic E-state index is 0. The molecule has 0 atom stereocenters. The quantitative estimate of drug-likeness (QED) is 0.0423.